The first-order valence-electron chi connectivity index (χ1n) is 5.15. The minimum atomic E-state index is -1.09. The molecule has 0 spiro atoms. The molecule has 7 heteroatoms. The van der Waals surface area contributed by atoms with Crippen LogP contribution in [0.3, 0.4) is 0 Å². The van der Waals surface area contributed by atoms with Crippen molar-refractivity contribution in [1.29, 1.82) is 0 Å². The molecule has 1 heterocycles. The van der Waals surface area contributed by atoms with E-state index in [2.05, 4.69) is 14.7 Å². The van der Waals surface area contributed by atoms with Crippen molar-refractivity contribution in [3.05, 3.63) is 30.5 Å². The lowest BCUT2D eigenvalue weighted by molar-refractivity contribution is 0.690. The van der Waals surface area contributed by atoms with Crippen molar-refractivity contribution < 1.29 is 4.21 Å². The maximum atomic E-state index is 11.0. The normalized spacial score (nSPS) is 12.1. The van der Waals surface area contributed by atoms with E-state index in [4.69, 9.17) is 11.5 Å². The molecule has 2 rings (SSSR count). The Bertz CT molecular complexity index is 584. The topological polar surface area (TPSA) is 107 Å². The maximum Gasteiger partial charge on any atom is 0.221 e. The highest BCUT2D eigenvalue weighted by Gasteiger charge is 2.05. The van der Waals surface area contributed by atoms with Gasteiger partial charge in [0.05, 0.1) is 0 Å². The van der Waals surface area contributed by atoms with E-state index in [1.165, 1.54) is 0 Å². The molecule has 0 fully saturated rings. The van der Waals surface area contributed by atoms with Gasteiger partial charge in [0.25, 0.3) is 0 Å². The van der Waals surface area contributed by atoms with Crippen LogP contribution in [0.4, 0.5) is 17.5 Å². The second kappa shape index (κ2) is 5.01. The minimum absolute atomic E-state index is 0.149. The molecule has 0 radical (unpaired) electrons. The van der Waals surface area contributed by atoms with Gasteiger partial charge in [-0.15, -0.1) is 0 Å². The molecular formula is C11H13N5OS. The van der Waals surface area contributed by atoms with Crippen LogP contribution < -0.4 is 16.2 Å². The van der Waals surface area contributed by atoms with Gasteiger partial charge in [0, 0.05) is 23.7 Å². The van der Waals surface area contributed by atoms with Gasteiger partial charge in [-0.25, -0.2) is 9.19 Å². The van der Waals surface area contributed by atoms with Crippen molar-refractivity contribution in [2.75, 3.05) is 22.4 Å². The van der Waals surface area contributed by atoms with Crippen molar-refractivity contribution >= 4 is 28.4 Å². The summed E-state index contributed by atoms with van der Waals surface area (Å²) in [5, 5.41) is 0. The highest BCUT2D eigenvalue weighted by molar-refractivity contribution is 7.85. The smallest absolute Gasteiger partial charge is 0.221 e. The summed E-state index contributed by atoms with van der Waals surface area (Å²) < 4.78 is 13.8. The van der Waals surface area contributed by atoms with Crippen LogP contribution in [-0.2, 0) is 11.0 Å². The van der Waals surface area contributed by atoms with Crippen LogP contribution in [0.5, 0.6) is 0 Å². The first-order valence-corrected chi connectivity index (χ1v) is 6.70. The Balaban J connectivity index is 2.31. The maximum absolute atomic E-state index is 11.0. The molecule has 1 atom stereocenters. The molecular weight excluding hydrogens is 250 g/mol. The summed E-state index contributed by atoms with van der Waals surface area (Å²) in [5.41, 5.74) is 13.6. The summed E-state index contributed by atoms with van der Waals surface area (Å²) in [6.07, 6.45) is 3.15. The second-order valence-electron chi connectivity index (χ2n) is 3.66. The van der Waals surface area contributed by atoms with Crippen molar-refractivity contribution in [3.8, 4) is 11.1 Å². The van der Waals surface area contributed by atoms with Crippen LogP contribution >= 0.6 is 0 Å². The van der Waals surface area contributed by atoms with E-state index < -0.39 is 11.0 Å². The molecule has 1 unspecified atom stereocenters. The molecule has 1 aromatic carbocycles. The van der Waals surface area contributed by atoms with E-state index in [0.29, 0.717) is 11.4 Å². The first kappa shape index (κ1) is 12.3. The van der Waals surface area contributed by atoms with Gasteiger partial charge in [0.1, 0.15) is 16.8 Å². The molecule has 0 aliphatic heterocycles. The van der Waals surface area contributed by atoms with Gasteiger partial charge in [0.2, 0.25) is 5.95 Å². The SMILES string of the molecule is CS(=O)Nc1ccc(-c2cnc(N)nc2N)cc1. The molecule has 94 valence electrons. The van der Waals surface area contributed by atoms with Gasteiger partial charge in [-0.3, -0.25) is 0 Å². The lowest BCUT2D eigenvalue weighted by atomic mass is 10.1. The molecule has 0 aliphatic rings. The highest BCUT2D eigenvalue weighted by Crippen LogP contribution is 2.25. The van der Waals surface area contributed by atoms with E-state index in [0.717, 1.165) is 11.3 Å². The number of rotatable bonds is 3. The van der Waals surface area contributed by atoms with Gasteiger partial charge in [-0.05, 0) is 17.7 Å². The van der Waals surface area contributed by atoms with Gasteiger partial charge in [0.15, 0.2) is 0 Å². The largest absolute Gasteiger partial charge is 0.383 e. The Hall–Kier alpha value is -2.15. The Kier molecular flexibility index (Phi) is 3.42. The molecule has 0 saturated carbocycles. The molecule has 0 aliphatic carbocycles. The molecule has 6 nitrogen and oxygen atoms in total. The molecule has 0 amide bonds. The zero-order chi connectivity index (χ0) is 13.1. The van der Waals surface area contributed by atoms with Crippen molar-refractivity contribution in [2.24, 2.45) is 0 Å². The van der Waals surface area contributed by atoms with E-state index in [1.54, 1.807) is 12.5 Å². The molecule has 1 aromatic heterocycles. The predicted octanol–water partition coefficient (Wildman–Crippen LogP) is 1.01. The van der Waals surface area contributed by atoms with Gasteiger partial charge in [-0.1, -0.05) is 12.1 Å². The van der Waals surface area contributed by atoms with Gasteiger partial charge in [-0.2, -0.15) is 4.98 Å². The number of aromatic nitrogens is 2. The van der Waals surface area contributed by atoms with Crippen LogP contribution in [0.25, 0.3) is 11.1 Å². The molecule has 0 saturated heterocycles. The molecule has 2 aromatic rings. The number of nitrogens with one attached hydrogen (secondary N) is 1. The average Bonchev–Trinajstić information content (AvgIpc) is 2.30. The lowest BCUT2D eigenvalue weighted by Gasteiger charge is -2.07. The zero-order valence-electron chi connectivity index (χ0n) is 9.75. The number of nitrogen functional groups attached to an aromatic ring is 2. The first-order chi connectivity index (χ1) is 8.56. The van der Waals surface area contributed by atoms with Gasteiger partial charge >= 0.3 is 0 Å². The van der Waals surface area contributed by atoms with Crippen LogP contribution in [0.1, 0.15) is 0 Å². The monoisotopic (exact) mass is 263 g/mol. The van der Waals surface area contributed by atoms with Crippen LogP contribution in [0.2, 0.25) is 0 Å². The highest BCUT2D eigenvalue weighted by atomic mass is 32.2. The van der Waals surface area contributed by atoms with Gasteiger partial charge < -0.3 is 16.2 Å². The summed E-state index contributed by atoms with van der Waals surface area (Å²) in [6.45, 7) is 0. The minimum Gasteiger partial charge on any atom is -0.383 e. The number of benzene rings is 1. The summed E-state index contributed by atoms with van der Waals surface area (Å²) in [4.78, 5) is 7.81. The fourth-order valence-electron chi connectivity index (χ4n) is 1.52. The third-order valence-corrected chi connectivity index (χ3v) is 2.82. The lowest BCUT2D eigenvalue weighted by Crippen LogP contribution is -2.02. The third-order valence-electron chi connectivity index (χ3n) is 2.29. The van der Waals surface area contributed by atoms with E-state index in [1.807, 2.05) is 24.3 Å². The number of anilines is 3. The Morgan fingerprint density at radius 2 is 1.89 bits per heavy atom. The summed E-state index contributed by atoms with van der Waals surface area (Å²) >= 11 is 0. The zero-order valence-corrected chi connectivity index (χ0v) is 10.6. The van der Waals surface area contributed by atoms with Crippen LogP contribution in [0, 0.1) is 0 Å². The Morgan fingerprint density at radius 3 is 2.44 bits per heavy atom. The summed E-state index contributed by atoms with van der Waals surface area (Å²) in [6, 6.07) is 7.32. The Labute approximate surface area is 107 Å². The van der Waals surface area contributed by atoms with Crippen molar-refractivity contribution in [1.82, 2.24) is 9.97 Å². The third kappa shape index (κ3) is 2.75. The number of hydrogen-bond acceptors (Lipinski definition) is 5. The Morgan fingerprint density at radius 1 is 1.22 bits per heavy atom. The standard InChI is InChI=1S/C11H13N5OS/c1-18(17)16-8-4-2-7(3-5-8)9-6-14-11(13)15-10(9)12/h2-6,16H,1H3,(H4,12,13,14,15). The van der Waals surface area contributed by atoms with Crippen molar-refractivity contribution in [2.45, 2.75) is 0 Å². The van der Waals surface area contributed by atoms with E-state index >= 15 is 0 Å². The van der Waals surface area contributed by atoms with Crippen molar-refractivity contribution in [3.63, 3.8) is 0 Å². The average molecular weight is 263 g/mol. The molecule has 5 N–H and O–H groups in total. The molecule has 0 bridgehead atoms. The fraction of sp³-hybridized carbons (Fsp3) is 0.0909. The van der Waals surface area contributed by atoms with E-state index in [9.17, 15) is 4.21 Å². The van der Waals surface area contributed by atoms with Crippen LogP contribution in [-0.4, -0.2) is 20.4 Å². The summed E-state index contributed by atoms with van der Waals surface area (Å²) in [5.74, 6) is 0.484. The summed E-state index contributed by atoms with van der Waals surface area (Å²) in [7, 11) is -1.09. The number of hydrogen-bond donors (Lipinski definition) is 3. The second-order valence-corrected chi connectivity index (χ2v) is 4.77. The number of nitrogens with zero attached hydrogens (tertiary/aromatic N) is 2. The number of nitrogens with two attached hydrogens (primary N) is 2. The van der Waals surface area contributed by atoms with Crippen LogP contribution in [0.15, 0.2) is 30.5 Å². The quantitative estimate of drug-likeness (QED) is 0.766. The predicted molar refractivity (Wildman–Crippen MR) is 74.0 cm³/mol. The van der Waals surface area contributed by atoms with E-state index in [-0.39, 0.29) is 5.95 Å². The molecule has 18 heavy (non-hydrogen) atoms. The fourth-order valence-corrected chi connectivity index (χ4v) is 1.98.